The third-order valence-corrected chi connectivity index (χ3v) is 3.35. The number of phenols is 1. The summed E-state index contributed by atoms with van der Waals surface area (Å²) in [5.41, 5.74) is 1.91. The Morgan fingerprint density at radius 3 is 2.86 bits per heavy atom. The van der Waals surface area contributed by atoms with Crippen LogP contribution in [-0.2, 0) is 0 Å². The maximum atomic E-state index is 12.4. The lowest BCUT2D eigenvalue weighted by atomic mass is 9.98. The number of para-hydroxylation sites is 1. The van der Waals surface area contributed by atoms with E-state index in [0.717, 1.165) is 5.56 Å². The molecular weight excluding hydrogens is 268 g/mol. The molecule has 2 aromatic carbocycles. The molecule has 1 aliphatic rings. The minimum atomic E-state index is -0.0381. The van der Waals surface area contributed by atoms with Gasteiger partial charge in [0, 0.05) is 5.57 Å². The Hall–Kier alpha value is -2.75. The van der Waals surface area contributed by atoms with Crippen molar-refractivity contribution in [2.24, 2.45) is 0 Å². The number of carbonyl (C=O) groups excluding carboxylic acids is 1. The minimum Gasteiger partial charge on any atom is -0.504 e. The highest BCUT2D eigenvalue weighted by Crippen LogP contribution is 2.30. The predicted molar refractivity (Wildman–Crippen MR) is 78.9 cm³/mol. The van der Waals surface area contributed by atoms with Gasteiger partial charge < -0.3 is 14.6 Å². The molecule has 21 heavy (non-hydrogen) atoms. The van der Waals surface area contributed by atoms with Gasteiger partial charge in [0.2, 0.25) is 0 Å². The van der Waals surface area contributed by atoms with Crippen molar-refractivity contribution < 1.29 is 19.4 Å². The molecule has 0 aromatic heterocycles. The first-order valence-electron chi connectivity index (χ1n) is 6.53. The zero-order chi connectivity index (χ0) is 14.8. The monoisotopic (exact) mass is 282 g/mol. The van der Waals surface area contributed by atoms with Crippen LogP contribution in [0.2, 0.25) is 0 Å². The molecule has 0 saturated carbocycles. The van der Waals surface area contributed by atoms with Crippen LogP contribution in [0.25, 0.3) is 6.08 Å². The van der Waals surface area contributed by atoms with E-state index in [9.17, 15) is 9.90 Å². The van der Waals surface area contributed by atoms with Crippen molar-refractivity contribution in [2.75, 3.05) is 13.7 Å². The lowest BCUT2D eigenvalue weighted by Crippen LogP contribution is -2.18. The number of aromatic hydroxyl groups is 1. The molecule has 0 spiro atoms. The van der Waals surface area contributed by atoms with Gasteiger partial charge in [-0.2, -0.15) is 0 Å². The first kappa shape index (κ1) is 13.2. The molecule has 0 saturated heterocycles. The van der Waals surface area contributed by atoms with E-state index in [1.54, 1.807) is 30.3 Å². The Bertz CT molecular complexity index is 731. The van der Waals surface area contributed by atoms with Crippen molar-refractivity contribution in [3.05, 3.63) is 59.2 Å². The van der Waals surface area contributed by atoms with Crippen molar-refractivity contribution in [3.63, 3.8) is 0 Å². The van der Waals surface area contributed by atoms with Gasteiger partial charge in [0.25, 0.3) is 0 Å². The summed E-state index contributed by atoms with van der Waals surface area (Å²) in [5.74, 6) is 1.01. The van der Waals surface area contributed by atoms with Crippen LogP contribution >= 0.6 is 0 Å². The average molecular weight is 282 g/mol. The number of ether oxygens (including phenoxy) is 2. The summed E-state index contributed by atoms with van der Waals surface area (Å²) in [6.07, 6.45) is 1.75. The van der Waals surface area contributed by atoms with E-state index >= 15 is 0 Å². The normalized spacial score (nSPS) is 15.5. The van der Waals surface area contributed by atoms with Crippen LogP contribution in [0.3, 0.4) is 0 Å². The Balaban J connectivity index is 1.96. The summed E-state index contributed by atoms with van der Waals surface area (Å²) in [5, 5.41) is 9.59. The topological polar surface area (TPSA) is 55.8 Å². The fraction of sp³-hybridized carbons (Fsp3) is 0.118. The summed E-state index contributed by atoms with van der Waals surface area (Å²) in [4.78, 5) is 12.4. The first-order valence-corrected chi connectivity index (χ1v) is 6.53. The number of Topliss-reactive ketones (excluding diaryl/α,β-unsaturated/α-hetero) is 1. The average Bonchev–Trinajstić information content (AvgIpc) is 2.52. The van der Waals surface area contributed by atoms with E-state index < -0.39 is 0 Å². The van der Waals surface area contributed by atoms with Gasteiger partial charge in [0.1, 0.15) is 12.4 Å². The number of carbonyl (C=O) groups is 1. The molecular formula is C17H14O4. The first-order chi connectivity index (χ1) is 10.2. The van der Waals surface area contributed by atoms with E-state index in [-0.39, 0.29) is 18.1 Å². The van der Waals surface area contributed by atoms with Crippen LogP contribution < -0.4 is 9.47 Å². The SMILES string of the molecule is COc1cc(C=C2COc3ccccc3C2=O)ccc1O. The van der Waals surface area contributed by atoms with Gasteiger partial charge >= 0.3 is 0 Å². The standard InChI is InChI=1S/C17H14O4/c1-20-16-9-11(6-7-14(16)18)8-12-10-21-15-5-3-2-4-13(15)17(12)19/h2-9,18H,10H2,1H3. The molecule has 3 rings (SSSR count). The number of benzene rings is 2. The lowest BCUT2D eigenvalue weighted by molar-refractivity contribution is 0.100. The number of phenolic OH excluding ortho intramolecular Hbond substituents is 1. The molecule has 0 aliphatic carbocycles. The largest absolute Gasteiger partial charge is 0.504 e. The second-order valence-corrected chi connectivity index (χ2v) is 4.71. The van der Waals surface area contributed by atoms with Crippen molar-refractivity contribution in [2.45, 2.75) is 0 Å². The van der Waals surface area contributed by atoms with Gasteiger partial charge in [0.05, 0.1) is 12.7 Å². The van der Waals surface area contributed by atoms with Crippen LogP contribution in [0.15, 0.2) is 48.0 Å². The zero-order valence-corrected chi connectivity index (χ0v) is 11.5. The molecule has 0 fully saturated rings. The van der Waals surface area contributed by atoms with Gasteiger partial charge in [-0.05, 0) is 35.9 Å². The maximum absolute atomic E-state index is 12.4. The van der Waals surface area contributed by atoms with Gasteiger partial charge in [-0.1, -0.05) is 18.2 Å². The molecule has 2 aromatic rings. The van der Waals surface area contributed by atoms with Crippen LogP contribution in [-0.4, -0.2) is 24.6 Å². The second-order valence-electron chi connectivity index (χ2n) is 4.71. The molecule has 0 atom stereocenters. The van der Waals surface area contributed by atoms with Crippen molar-refractivity contribution in [3.8, 4) is 17.2 Å². The summed E-state index contributed by atoms with van der Waals surface area (Å²) < 4.78 is 10.7. The van der Waals surface area contributed by atoms with Crippen LogP contribution in [0.4, 0.5) is 0 Å². The van der Waals surface area contributed by atoms with Crippen molar-refractivity contribution in [1.29, 1.82) is 0 Å². The highest BCUT2D eigenvalue weighted by molar-refractivity contribution is 6.14. The van der Waals surface area contributed by atoms with Crippen molar-refractivity contribution in [1.82, 2.24) is 0 Å². The number of ketones is 1. The number of fused-ring (bicyclic) bond motifs is 1. The molecule has 4 nitrogen and oxygen atoms in total. The van der Waals surface area contributed by atoms with Crippen molar-refractivity contribution >= 4 is 11.9 Å². The maximum Gasteiger partial charge on any atom is 0.196 e. The molecule has 4 heteroatoms. The Morgan fingerprint density at radius 1 is 1.24 bits per heavy atom. The summed E-state index contributed by atoms with van der Waals surface area (Å²) >= 11 is 0. The third kappa shape index (κ3) is 2.48. The predicted octanol–water partition coefficient (Wildman–Crippen LogP) is 3.06. The minimum absolute atomic E-state index is 0.0381. The zero-order valence-electron chi connectivity index (χ0n) is 11.5. The molecule has 1 aliphatic heterocycles. The number of hydrogen-bond donors (Lipinski definition) is 1. The molecule has 0 bridgehead atoms. The van der Waals surface area contributed by atoms with Gasteiger partial charge in [-0.15, -0.1) is 0 Å². The highest BCUT2D eigenvalue weighted by atomic mass is 16.5. The van der Waals surface area contributed by atoms with Gasteiger partial charge in [-0.3, -0.25) is 4.79 Å². The van der Waals surface area contributed by atoms with E-state index in [1.807, 2.05) is 12.1 Å². The summed E-state index contributed by atoms with van der Waals surface area (Å²) in [6.45, 7) is 0.235. The smallest absolute Gasteiger partial charge is 0.196 e. The highest BCUT2D eigenvalue weighted by Gasteiger charge is 2.22. The lowest BCUT2D eigenvalue weighted by Gasteiger charge is -2.18. The molecule has 1 heterocycles. The number of hydrogen-bond acceptors (Lipinski definition) is 4. The fourth-order valence-electron chi connectivity index (χ4n) is 2.27. The van der Waals surface area contributed by atoms with Crippen LogP contribution in [0.1, 0.15) is 15.9 Å². The number of rotatable bonds is 2. The quantitative estimate of drug-likeness (QED) is 0.860. The second kappa shape index (κ2) is 5.32. The Kier molecular flexibility index (Phi) is 3.36. The Labute approximate surface area is 122 Å². The summed E-state index contributed by atoms with van der Waals surface area (Å²) in [6, 6.07) is 12.1. The molecule has 106 valence electrons. The van der Waals surface area contributed by atoms with Crippen LogP contribution in [0, 0.1) is 0 Å². The molecule has 0 amide bonds. The number of methoxy groups -OCH3 is 1. The van der Waals surface area contributed by atoms with Gasteiger partial charge in [-0.25, -0.2) is 0 Å². The Morgan fingerprint density at radius 2 is 2.05 bits per heavy atom. The van der Waals surface area contributed by atoms with E-state index in [4.69, 9.17) is 9.47 Å². The molecule has 0 radical (unpaired) electrons. The molecule has 0 unspecified atom stereocenters. The molecule has 1 N–H and O–H groups in total. The van der Waals surface area contributed by atoms with Crippen LogP contribution in [0.5, 0.6) is 17.2 Å². The summed E-state index contributed by atoms with van der Waals surface area (Å²) in [7, 11) is 1.48. The van der Waals surface area contributed by atoms with E-state index in [2.05, 4.69) is 0 Å². The third-order valence-electron chi connectivity index (χ3n) is 3.35. The van der Waals surface area contributed by atoms with Gasteiger partial charge in [0.15, 0.2) is 17.3 Å². The van der Waals surface area contributed by atoms with E-state index in [0.29, 0.717) is 22.6 Å². The van der Waals surface area contributed by atoms with E-state index in [1.165, 1.54) is 13.2 Å². The fourth-order valence-corrected chi connectivity index (χ4v) is 2.27.